The molecule has 0 aliphatic heterocycles. The smallest absolute Gasteiger partial charge is 0.0495 e. The molecule has 3 aromatic rings. The lowest BCUT2D eigenvalue weighted by Crippen LogP contribution is -2.14. The summed E-state index contributed by atoms with van der Waals surface area (Å²) in [6.07, 6.45) is 0. The van der Waals surface area contributed by atoms with Crippen molar-refractivity contribution in [2.24, 2.45) is 0 Å². The van der Waals surface area contributed by atoms with E-state index in [1.54, 1.807) is 0 Å². The molecule has 2 heteroatoms. The molecular weight excluding hydrogens is 308 g/mol. The number of halogens is 1. The molecular formula is C20H19ClS. The van der Waals surface area contributed by atoms with Crippen molar-refractivity contribution in [3.05, 3.63) is 58.1 Å². The fraction of sp³-hybridized carbons (Fsp3) is 0.300. The second kappa shape index (κ2) is 4.59. The van der Waals surface area contributed by atoms with Crippen LogP contribution in [0.15, 0.2) is 36.4 Å². The molecule has 0 unspecified atom stereocenters. The van der Waals surface area contributed by atoms with Crippen LogP contribution in [-0.2, 0) is 5.41 Å². The number of hydrogen-bond donors (Lipinski definition) is 0. The summed E-state index contributed by atoms with van der Waals surface area (Å²) in [7, 11) is 0. The van der Waals surface area contributed by atoms with Crippen LogP contribution in [0.4, 0.5) is 0 Å². The number of thiophene rings is 1. The molecule has 2 aromatic carbocycles. The number of fused-ring (bicyclic) bond motifs is 5. The molecule has 0 saturated heterocycles. The summed E-state index contributed by atoms with van der Waals surface area (Å²) in [5.74, 6) is 0.551. The summed E-state index contributed by atoms with van der Waals surface area (Å²) >= 11 is 8.42. The van der Waals surface area contributed by atoms with Crippen molar-refractivity contribution >= 4 is 33.0 Å². The van der Waals surface area contributed by atoms with Crippen LogP contribution in [0.5, 0.6) is 0 Å². The number of benzene rings is 2. The molecule has 0 spiro atoms. The van der Waals surface area contributed by atoms with Gasteiger partial charge in [0.05, 0.1) is 0 Å². The van der Waals surface area contributed by atoms with Gasteiger partial charge >= 0.3 is 0 Å². The van der Waals surface area contributed by atoms with Gasteiger partial charge < -0.3 is 0 Å². The van der Waals surface area contributed by atoms with E-state index in [0.717, 1.165) is 5.02 Å². The zero-order chi connectivity index (χ0) is 15.6. The van der Waals surface area contributed by atoms with Crippen molar-refractivity contribution < 1.29 is 0 Å². The molecule has 0 bridgehead atoms. The summed E-state index contributed by atoms with van der Waals surface area (Å²) in [5.41, 5.74) is 5.49. The molecule has 0 fully saturated rings. The number of rotatable bonds is 1. The maximum atomic E-state index is 6.54. The van der Waals surface area contributed by atoms with Crippen LogP contribution in [-0.4, -0.2) is 0 Å². The van der Waals surface area contributed by atoms with Crippen molar-refractivity contribution in [3.63, 3.8) is 0 Å². The first kappa shape index (κ1) is 14.3. The zero-order valence-corrected chi connectivity index (χ0v) is 14.9. The van der Waals surface area contributed by atoms with Gasteiger partial charge in [0.1, 0.15) is 0 Å². The third-order valence-corrected chi connectivity index (χ3v) is 6.42. The van der Waals surface area contributed by atoms with Crippen molar-refractivity contribution in [1.29, 1.82) is 0 Å². The van der Waals surface area contributed by atoms with Crippen LogP contribution >= 0.6 is 22.9 Å². The van der Waals surface area contributed by atoms with Gasteiger partial charge in [-0.2, -0.15) is 0 Å². The Balaban J connectivity index is 2.11. The topological polar surface area (TPSA) is 0 Å². The molecule has 0 N–H and O–H groups in total. The highest BCUT2D eigenvalue weighted by Crippen LogP contribution is 2.57. The van der Waals surface area contributed by atoms with E-state index in [4.69, 9.17) is 11.6 Å². The van der Waals surface area contributed by atoms with Gasteiger partial charge in [-0.25, -0.2) is 0 Å². The Morgan fingerprint density at radius 2 is 1.86 bits per heavy atom. The molecule has 0 amide bonds. The Hall–Kier alpha value is -1.31. The Bertz CT molecular complexity index is 899. The molecule has 112 valence electrons. The Labute approximate surface area is 140 Å². The van der Waals surface area contributed by atoms with Gasteiger partial charge in [-0.3, -0.25) is 0 Å². The standard InChI is InChI=1S/C20H19ClS/c1-11(2)12-8-9-16-13(10-12)18-19(22-16)17-14(20(18,3)4)6-5-7-15(17)21/h5-11H,1-4H3. The molecule has 1 heterocycles. The van der Waals surface area contributed by atoms with Crippen LogP contribution in [0, 0.1) is 0 Å². The molecule has 0 saturated carbocycles. The molecule has 0 radical (unpaired) electrons. The zero-order valence-electron chi connectivity index (χ0n) is 13.3. The minimum atomic E-state index is 0.0173. The Kier molecular flexibility index (Phi) is 2.99. The predicted octanol–water partition coefficient (Wildman–Crippen LogP) is 6.98. The summed E-state index contributed by atoms with van der Waals surface area (Å²) in [6, 6.07) is 13.2. The van der Waals surface area contributed by atoms with E-state index in [-0.39, 0.29) is 5.41 Å². The maximum absolute atomic E-state index is 6.54. The molecule has 0 nitrogen and oxygen atoms in total. The Morgan fingerprint density at radius 1 is 1.09 bits per heavy atom. The third-order valence-electron chi connectivity index (χ3n) is 4.92. The van der Waals surface area contributed by atoms with Crippen molar-refractivity contribution in [1.82, 2.24) is 0 Å². The van der Waals surface area contributed by atoms with E-state index in [1.807, 2.05) is 17.4 Å². The fourth-order valence-corrected chi connectivity index (χ4v) is 5.42. The molecule has 0 atom stereocenters. The van der Waals surface area contributed by atoms with E-state index >= 15 is 0 Å². The molecule has 1 aromatic heterocycles. The quantitative estimate of drug-likeness (QED) is 0.452. The van der Waals surface area contributed by atoms with Gasteiger partial charge in [0.15, 0.2) is 0 Å². The SMILES string of the molecule is CC(C)c1ccc2sc3c(c2c1)C(C)(C)c1cccc(Cl)c1-3. The third kappa shape index (κ3) is 1.76. The fourth-order valence-electron chi connectivity index (χ4n) is 3.68. The monoisotopic (exact) mass is 326 g/mol. The van der Waals surface area contributed by atoms with Crippen LogP contribution in [0.25, 0.3) is 20.5 Å². The summed E-state index contributed by atoms with van der Waals surface area (Å²) in [6.45, 7) is 9.15. The highest BCUT2D eigenvalue weighted by molar-refractivity contribution is 7.22. The van der Waals surface area contributed by atoms with Crippen molar-refractivity contribution in [2.75, 3.05) is 0 Å². The lowest BCUT2D eigenvalue weighted by atomic mass is 9.81. The van der Waals surface area contributed by atoms with Gasteiger partial charge in [-0.05, 0) is 46.2 Å². The lowest BCUT2D eigenvalue weighted by molar-refractivity contribution is 0.667. The molecule has 22 heavy (non-hydrogen) atoms. The van der Waals surface area contributed by atoms with E-state index in [0.29, 0.717) is 5.92 Å². The first-order valence-electron chi connectivity index (χ1n) is 7.77. The van der Waals surface area contributed by atoms with Crippen LogP contribution < -0.4 is 0 Å². The highest BCUT2D eigenvalue weighted by atomic mass is 35.5. The van der Waals surface area contributed by atoms with Gasteiger partial charge in [-0.15, -0.1) is 11.3 Å². The van der Waals surface area contributed by atoms with Gasteiger partial charge in [-0.1, -0.05) is 57.5 Å². The maximum Gasteiger partial charge on any atom is 0.0495 e. The van der Waals surface area contributed by atoms with Crippen molar-refractivity contribution in [3.8, 4) is 10.4 Å². The second-order valence-electron chi connectivity index (χ2n) is 7.00. The lowest BCUT2D eigenvalue weighted by Gasteiger charge is -2.22. The molecule has 1 aliphatic rings. The van der Waals surface area contributed by atoms with Crippen LogP contribution in [0.2, 0.25) is 5.02 Å². The summed E-state index contributed by atoms with van der Waals surface area (Å²) in [4.78, 5) is 1.36. The number of hydrogen-bond acceptors (Lipinski definition) is 1. The van der Waals surface area contributed by atoms with E-state index in [1.165, 1.54) is 37.2 Å². The van der Waals surface area contributed by atoms with E-state index in [9.17, 15) is 0 Å². The Morgan fingerprint density at radius 3 is 2.59 bits per heavy atom. The van der Waals surface area contributed by atoms with Gasteiger partial charge in [0.2, 0.25) is 0 Å². The first-order valence-corrected chi connectivity index (χ1v) is 8.97. The van der Waals surface area contributed by atoms with Crippen LogP contribution in [0.3, 0.4) is 0 Å². The van der Waals surface area contributed by atoms with E-state index < -0.39 is 0 Å². The van der Waals surface area contributed by atoms with Gasteiger partial charge in [0, 0.05) is 25.6 Å². The van der Waals surface area contributed by atoms with Gasteiger partial charge in [0.25, 0.3) is 0 Å². The average Bonchev–Trinajstić information content (AvgIpc) is 2.94. The second-order valence-corrected chi connectivity index (χ2v) is 8.46. The molecule has 1 aliphatic carbocycles. The average molecular weight is 327 g/mol. The first-order chi connectivity index (χ1) is 10.4. The normalized spacial score (nSPS) is 15.4. The minimum absolute atomic E-state index is 0.0173. The minimum Gasteiger partial charge on any atom is -0.135 e. The summed E-state index contributed by atoms with van der Waals surface area (Å²) in [5, 5.41) is 2.28. The largest absolute Gasteiger partial charge is 0.135 e. The van der Waals surface area contributed by atoms with Crippen molar-refractivity contribution in [2.45, 2.75) is 39.0 Å². The van der Waals surface area contributed by atoms with E-state index in [2.05, 4.69) is 58.0 Å². The predicted molar refractivity (Wildman–Crippen MR) is 98.5 cm³/mol. The molecule has 4 rings (SSSR count). The highest BCUT2D eigenvalue weighted by Gasteiger charge is 2.39. The van der Waals surface area contributed by atoms with Crippen LogP contribution in [0.1, 0.15) is 50.3 Å². The summed E-state index contributed by atoms with van der Waals surface area (Å²) < 4.78 is 1.37.